The second-order valence-corrected chi connectivity index (χ2v) is 9.05. The van der Waals surface area contributed by atoms with Gasteiger partial charge in [-0.05, 0) is 78.0 Å². The molecule has 0 spiro atoms. The molecule has 2 aliphatic rings. The molecule has 0 saturated carbocycles. The van der Waals surface area contributed by atoms with E-state index in [0.717, 1.165) is 49.7 Å². The van der Waals surface area contributed by atoms with Crippen LogP contribution < -0.4 is 0 Å². The van der Waals surface area contributed by atoms with Crippen LogP contribution in [0.1, 0.15) is 64.8 Å². The monoisotopic (exact) mass is 426 g/mol. The fraction of sp³-hybridized carbons (Fsp3) is 0.538. The Morgan fingerprint density at radius 3 is 2.29 bits per heavy atom. The van der Waals surface area contributed by atoms with Crippen molar-refractivity contribution in [1.82, 2.24) is 0 Å². The van der Waals surface area contributed by atoms with Gasteiger partial charge in [0.15, 0.2) is 0 Å². The van der Waals surface area contributed by atoms with Crippen LogP contribution in [0.4, 0.5) is 0 Å². The van der Waals surface area contributed by atoms with Gasteiger partial charge in [0.25, 0.3) is 0 Å². The van der Waals surface area contributed by atoms with E-state index in [9.17, 15) is 20.4 Å². The van der Waals surface area contributed by atoms with Gasteiger partial charge in [0.2, 0.25) is 0 Å². The van der Waals surface area contributed by atoms with Gasteiger partial charge in [-0.1, -0.05) is 43.7 Å². The zero-order chi connectivity index (χ0) is 22.1. The first-order chi connectivity index (χ1) is 14.9. The first kappa shape index (κ1) is 22.4. The number of benzene rings is 2. The number of ether oxygens (including phenoxy) is 1. The topological polar surface area (TPSA) is 90.2 Å². The van der Waals surface area contributed by atoms with Crippen molar-refractivity contribution in [2.24, 2.45) is 0 Å². The molecule has 1 aliphatic carbocycles. The Morgan fingerprint density at radius 1 is 0.935 bits per heavy atom. The molecular weight excluding hydrogens is 392 g/mol. The van der Waals surface area contributed by atoms with Crippen molar-refractivity contribution in [1.29, 1.82) is 0 Å². The van der Waals surface area contributed by atoms with E-state index in [2.05, 4.69) is 37.3 Å². The predicted octanol–water partition coefficient (Wildman–Crippen LogP) is 2.54. The van der Waals surface area contributed by atoms with Crippen LogP contribution in [0.5, 0.6) is 0 Å². The van der Waals surface area contributed by atoms with Crippen LogP contribution in [-0.2, 0) is 30.4 Å². The Morgan fingerprint density at radius 2 is 1.61 bits per heavy atom. The third-order valence-electron chi connectivity index (χ3n) is 6.98. The van der Waals surface area contributed by atoms with E-state index in [1.165, 1.54) is 27.8 Å². The minimum Gasteiger partial charge on any atom is -0.394 e. The highest BCUT2D eigenvalue weighted by Gasteiger charge is 2.44. The third kappa shape index (κ3) is 4.30. The van der Waals surface area contributed by atoms with E-state index >= 15 is 0 Å². The lowest BCUT2D eigenvalue weighted by molar-refractivity contribution is -0.231. The largest absolute Gasteiger partial charge is 0.394 e. The SMILES string of the molecule is CCCc1ccc(Cc2cc(C3OC(CO)C(O)C(O)C3O)c(C)c3c2CCC3)cc1. The maximum Gasteiger partial charge on any atom is 0.113 e. The zero-order valence-electron chi connectivity index (χ0n) is 18.4. The van der Waals surface area contributed by atoms with Gasteiger partial charge in [-0.15, -0.1) is 0 Å². The van der Waals surface area contributed by atoms with Gasteiger partial charge in [-0.25, -0.2) is 0 Å². The van der Waals surface area contributed by atoms with Crippen molar-refractivity contribution in [2.75, 3.05) is 6.61 Å². The van der Waals surface area contributed by atoms with Crippen LogP contribution in [-0.4, -0.2) is 51.4 Å². The molecule has 5 atom stereocenters. The normalized spacial score (nSPS) is 28.0. The summed E-state index contributed by atoms with van der Waals surface area (Å²) in [4.78, 5) is 0. The first-order valence-electron chi connectivity index (χ1n) is 11.5. The molecule has 1 heterocycles. The van der Waals surface area contributed by atoms with Crippen LogP contribution >= 0.6 is 0 Å². The lowest BCUT2D eigenvalue weighted by atomic mass is 9.84. The van der Waals surface area contributed by atoms with E-state index < -0.39 is 37.1 Å². The lowest BCUT2D eigenvalue weighted by Crippen LogP contribution is -2.55. The minimum absolute atomic E-state index is 0.414. The average Bonchev–Trinajstić information content (AvgIpc) is 3.27. The molecule has 5 nitrogen and oxygen atoms in total. The number of hydrogen-bond donors (Lipinski definition) is 4. The van der Waals surface area contributed by atoms with Gasteiger partial charge in [-0.3, -0.25) is 0 Å². The Kier molecular flexibility index (Phi) is 6.80. The zero-order valence-corrected chi connectivity index (χ0v) is 18.4. The third-order valence-corrected chi connectivity index (χ3v) is 6.98. The van der Waals surface area contributed by atoms with Gasteiger partial charge in [-0.2, -0.15) is 0 Å². The second-order valence-electron chi connectivity index (χ2n) is 9.05. The summed E-state index contributed by atoms with van der Waals surface area (Å²) in [6.45, 7) is 3.82. The van der Waals surface area contributed by atoms with Crippen molar-refractivity contribution < 1.29 is 25.2 Å². The molecule has 31 heavy (non-hydrogen) atoms. The van der Waals surface area contributed by atoms with Crippen LogP contribution in [0.2, 0.25) is 0 Å². The molecule has 168 valence electrons. The number of aliphatic hydroxyl groups excluding tert-OH is 4. The molecule has 1 aliphatic heterocycles. The first-order valence-corrected chi connectivity index (χ1v) is 11.5. The van der Waals surface area contributed by atoms with Gasteiger partial charge in [0.1, 0.15) is 30.5 Å². The number of hydrogen-bond acceptors (Lipinski definition) is 5. The summed E-state index contributed by atoms with van der Waals surface area (Å²) in [5.74, 6) is 0. The van der Waals surface area contributed by atoms with Crippen molar-refractivity contribution in [3.8, 4) is 0 Å². The van der Waals surface area contributed by atoms with E-state index in [0.29, 0.717) is 0 Å². The van der Waals surface area contributed by atoms with Crippen LogP contribution in [0, 0.1) is 6.92 Å². The summed E-state index contributed by atoms with van der Waals surface area (Å²) in [6.07, 6.45) is 0.536. The van der Waals surface area contributed by atoms with E-state index in [-0.39, 0.29) is 0 Å². The fourth-order valence-corrected chi connectivity index (χ4v) is 5.21. The fourth-order valence-electron chi connectivity index (χ4n) is 5.21. The van der Waals surface area contributed by atoms with Crippen molar-refractivity contribution in [3.05, 3.63) is 69.3 Å². The maximum atomic E-state index is 10.7. The highest BCUT2D eigenvalue weighted by Crippen LogP contribution is 2.39. The summed E-state index contributed by atoms with van der Waals surface area (Å²) in [5, 5.41) is 40.7. The predicted molar refractivity (Wildman–Crippen MR) is 119 cm³/mol. The van der Waals surface area contributed by atoms with Crippen molar-refractivity contribution in [2.45, 2.75) is 82.9 Å². The van der Waals surface area contributed by atoms with E-state index in [1.807, 2.05) is 6.92 Å². The van der Waals surface area contributed by atoms with Crippen molar-refractivity contribution >= 4 is 0 Å². The molecule has 4 N–H and O–H groups in total. The van der Waals surface area contributed by atoms with Crippen molar-refractivity contribution in [3.63, 3.8) is 0 Å². The highest BCUT2D eigenvalue weighted by atomic mass is 16.5. The standard InChI is InChI=1S/C26H34O5/c1-3-5-16-8-10-17(11-9-16)12-18-13-21(15(2)19-6-4-7-20(18)19)26-25(30)24(29)23(28)22(14-27)31-26/h8-11,13,22-30H,3-7,12,14H2,1-2H3. The molecule has 0 amide bonds. The Balaban J connectivity index is 1.69. The Bertz CT molecular complexity index is 905. The number of fused-ring (bicyclic) bond motifs is 1. The Hall–Kier alpha value is -1.76. The molecule has 0 radical (unpaired) electrons. The van der Waals surface area contributed by atoms with Crippen LogP contribution in [0.15, 0.2) is 30.3 Å². The Labute approximate surface area is 184 Å². The molecule has 0 bridgehead atoms. The molecular formula is C26H34O5. The minimum atomic E-state index is -1.36. The summed E-state index contributed by atoms with van der Waals surface area (Å²) in [7, 11) is 0. The number of aryl methyl sites for hydroxylation is 1. The molecule has 5 heteroatoms. The maximum absolute atomic E-state index is 10.7. The second kappa shape index (κ2) is 9.39. The molecule has 2 aromatic carbocycles. The van der Waals surface area contributed by atoms with Crippen LogP contribution in [0.25, 0.3) is 0 Å². The van der Waals surface area contributed by atoms with E-state index in [1.54, 1.807) is 0 Å². The molecule has 2 aromatic rings. The summed E-state index contributed by atoms with van der Waals surface area (Å²) >= 11 is 0. The molecule has 1 fully saturated rings. The molecule has 1 saturated heterocycles. The number of aliphatic hydroxyl groups is 4. The summed E-state index contributed by atoms with van der Waals surface area (Å²) in [5.41, 5.74) is 8.46. The number of rotatable bonds is 6. The average molecular weight is 427 g/mol. The van der Waals surface area contributed by atoms with Gasteiger partial charge < -0.3 is 25.2 Å². The van der Waals surface area contributed by atoms with E-state index in [4.69, 9.17) is 4.74 Å². The molecule has 5 unspecified atom stereocenters. The lowest BCUT2D eigenvalue weighted by Gasteiger charge is -2.41. The quantitative estimate of drug-likeness (QED) is 0.570. The highest BCUT2D eigenvalue weighted by molar-refractivity contribution is 5.50. The smallest absolute Gasteiger partial charge is 0.113 e. The summed E-state index contributed by atoms with van der Waals surface area (Å²) < 4.78 is 5.90. The molecule has 4 rings (SSSR count). The van der Waals surface area contributed by atoms with Gasteiger partial charge in [0.05, 0.1) is 6.61 Å². The summed E-state index contributed by atoms with van der Waals surface area (Å²) in [6, 6.07) is 10.9. The van der Waals surface area contributed by atoms with Crippen LogP contribution in [0.3, 0.4) is 0 Å². The van der Waals surface area contributed by atoms with Gasteiger partial charge >= 0.3 is 0 Å². The van der Waals surface area contributed by atoms with Gasteiger partial charge in [0, 0.05) is 0 Å². The molecule has 0 aromatic heterocycles.